The third kappa shape index (κ3) is 7.95. The molecule has 1 aliphatic heterocycles. The van der Waals surface area contributed by atoms with Crippen LogP contribution in [0, 0.1) is 16.7 Å². The van der Waals surface area contributed by atoms with Crippen molar-refractivity contribution < 1.29 is 71.8 Å². The first-order chi connectivity index (χ1) is 30.3. The van der Waals surface area contributed by atoms with Gasteiger partial charge in [-0.15, -0.1) is 11.8 Å². The van der Waals surface area contributed by atoms with E-state index in [0.717, 1.165) is 6.92 Å². The molecular weight excluding hydrogens is 851 g/mol. The second-order valence-corrected chi connectivity index (χ2v) is 18.3. The van der Waals surface area contributed by atoms with E-state index in [9.17, 15) is 34.2 Å². The van der Waals surface area contributed by atoms with Gasteiger partial charge in [-0.3, -0.25) is 19.2 Å². The smallest absolute Gasteiger partial charge is 0.338 e. The number of Topliss-reactive ketones (excluding diaryl/α,β-unsaturated/α-hetero) is 1. The van der Waals surface area contributed by atoms with Crippen molar-refractivity contribution in [2.24, 2.45) is 16.7 Å². The molecule has 7 rings (SSSR count). The molecule has 3 N–H and O–H groups in total. The molecule has 2 heterocycles. The summed E-state index contributed by atoms with van der Waals surface area (Å²) >= 11 is 1.33. The number of esters is 4. The quantitative estimate of drug-likeness (QED) is 0.0917. The molecule has 11 atom stereocenters. The number of benzene rings is 2. The third-order valence-corrected chi connectivity index (χ3v) is 13.9. The van der Waals surface area contributed by atoms with Crippen molar-refractivity contribution in [3.05, 3.63) is 107 Å². The molecule has 2 saturated carbocycles. The number of carbonyl (C=O) groups is 6. The summed E-state index contributed by atoms with van der Waals surface area (Å²) in [5.41, 5.74) is -6.97. The molecular formula is C47H53NO15S. The van der Waals surface area contributed by atoms with Gasteiger partial charge < -0.3 is 48.4 Å². The zero-order valence-corrected chi connectivity index (χ0v) is 37.4. The molecule has 4 aliphatic rings. The van der Waals surface area contributed by atoms with E-state index in [2.05, 4.69) is 5.32 Å². The number of carbonyl (C=O) groups excluding carboxylic acids is 6. The summed E-state index contributed by atoms with van der Waals surface area (Å²) in [4.78, 5) is 84.3. The lowest BCUT2D eigenvalue weighted by Gasteiger charge is -2.67. The summed E-state index contributed by atoms with van der Waals surface area (Å²) < 4.78 is 42.8. The second kappa shape index (κ2) is 17.9. The van der Waals surface area contributed by atoms with Gasteiger partial charge in [0.25, 0.3) is 5.91 Å². The highest BCUT2D eigenvalue weighted by Gasteiger charge is 2.78. The monoisotopic (exact) mass is 903 g/mol. The minimum absolute atomic E-state index is 0.0219. The van der Waals surface area contributed by atoms with Gasteiger partial charge in [-0.1, -0.05) is 50.2 Å². The van der Waals surface area contributed by atoms with Crippen LogP contribution in [0.15, 0.2) is 94.6 Å². The van der Waals surface area contributed by atoms with Gasteiger partial charge in [-0.25, -0.2) is 9.59 Å². The van der Waals surface area contributed by atoms with Crippen LogP contribution in [0.1, 0.15) is 86.9 Å². The number of rotatable bonds is 13. The van der Waals surface area contributed by atoms with E-state index in [4.69, 9.17) is 32.8 Å². The van der Waals surface area contributed by atoms with E-state index in [1.54, 1.807) is 82.5 Å². The van der Waals surface area contributed by atoms with Crippen LogP contribution in [0.25, 0.3) is 0 Å². The Hall–Kier alpha value is -5.33. The maximum absolute atomic E-state index is 15.9. The van der Waals surface area contributed by atoms with Crippen LogP contribution in [0.4, 0.5) is 0 Å². The number of hydrogen-bond donors (Lipinski definition) is 3. The van der Waals surface area contributed by atoms with Gasteiger partial charge in [-0.2, -0.15) is 0 Å². The van der Waals surface area contributed by atoms with Gasteiger partial charge in [0.05, 0.1) is 41.8 Å². The molecule has 0 spiro atoms. The molecule has 2 bridgehead atoms. The topological polar surface area (TPSA) is 223 Å². The minimum Gasteiger partial charge on any atom is -0.467 e. The number of aliphatic hydroxyl groups is 2. The van der Waals surface area contributed by atoms with Gasteiger partial charge in [-0.05, 0) is 67.6 Å². The fourth-order valence-electron chi connectivity index (χ4n) is 10.3. The highest BCUT2D eigenvalue weighted by atomic mass is 32.2. The van der Waals surface area contributed by atoms with Gasteiger partial charge in [0, 0.05) is 37.7 Å². The van der Waals surface area contributed by atoms with Crippen LogP contribution in [-0.2, 0) is 47.6 Å². The predicted octanol–water partition coefficient (Wildman–Crippen LogP) is 4.67. The van der Waals surface area contributed by atoms with Crippen LogP contribution in [-0.4, -0.2) is 112 Å². The molecule has 342 valence electrons. The Morgan fingerprint density at radius 3 is 2.12 bits per heavy atom. The van der Waals surface area contributed by atoms with Crippen LogP contribution in [0.3, 0.4) is 0 Å². The summed E-state index contributed by atoms with van der Waals surface area (Å²) in [6, 6.07) is 17.6. The largest absolute Gasteiger partial charge is 0.467 e. The van der Waals surface area contributed by atoms with Gasteiger partial charge in [0.15, 0.2) is 23.6 Å². The molecule has 1 saturated heterocycles. The molecule has 2 unspecified atom stereocenters. The van der Waals surface area contributed by atoms with E-state index < -0.39 is 113 Å². The first kappa shape index (κ1) is 46.7. The average molecular weight is 904 g/mol. The lowest BCUT2D eigenvalue weighted by molar-refractivity contribution is -0.347. The summed E-state index contributed by atoms with van der Waals surface area (Å²) in [7, 11) is 0. The lowest BCUT2D eigenvalue weighted by Crippen LogP contribution is -2.82. The Morgan fingerprint density at radius 2 is 1.56 bits per heavy atom. The fraction of sp³-hybridized carbons (Fsp3) is 0.489. The van der Waals surface area contributed by atoms with Crippen molar-refractivity contribution in [1.82, 2.24) is 5.32 Å². The Kier molecular flexibility index (Phi) is 13.1. The molecule has 1 amide bonds. The van der Waals surface area contributed by atoms with Crippen molar-refractivity contribution in [2.75, 3.05) is 18.8 Å². The van der Waals surface area contributed by atoms with Crippen LogP contribution < -0.4 is 5.32 Å². The predicted molar refractivity (Wildman–Crippen MR) is 227 cm³/mol. The third-order valence-electron chi connectivity index (χ3n) is 13.5. The minimum atomic E-state index is -2.36. The molecule has 3 aromatic rings. The Labute approximate surface area is 374 Å². The maximum Gasteiger partial charge on any atom is 0.338 e. The Balaban J connectivity index is 1.41. The van der Waals surface area contributed by atoms with E-state index >= 15 is 4.79 Å². The SMILES string of the molecule is CSCO[C@H]1C[C@H]2OC[C@@]2(OC(C)=O)C2C(OC(=O)c3ccccc3)[C@]3(O)C[C@H](OC(=O)[C@H](O)[C@@H](NC(=O)c4ccccc4)c4ccco4)C(C)=C([C@@H](OC(C)=O)C(=O)[C@@]21C)C3(C)C. The van der Waals surface area contributed by atoms with E-state index in [1.165, 1.54) is 49.2 Å². The lowest BCUT2D eigenvalue weighted by atomic mass is 9.44. The van der Waals surface area contributed by atoms with Crippen molar-refractivity contribution in [3.8, 4) is 0 Å². The van der Waals surface area contributed by atoms with Gasteiger partial charge in [0.1, 0.15) is 35.7 Å². The normalized spacial score (nSPS) is 31.3. The second-order valence-electron chi connectivity index (χ2n) is 17.5. The van der Waals surface area contributed by atoms with Crippen molar-refractivity contribution >= 4 is 47.3 Å². The summed E-state index contributed by atoms with van der Waals surface area (Å²) in [5, 5.41) is 28.2. The van der Waals surface area contributed by atoms with Crippen molar-refractivity contribution in [3.63, 3.8) is 0 Å². The molecule has 1 aromatic heterocycles. The number of aliphatic hydroxyl groups excluding tert-OH is 1. The summed E-state index contributed by atoms with van der Waals surface area (Å²) in [6.45, 7) is 8.37. The zero-order chi connectivity index (χ0) is 46.4. The van der Waals surface area contributed by atoms with Crippen molar-refractivity contribution in [2.45, 2.75) is 108 Å². The summed E-state index contributed by atoms with van der Waals surface area (Å²) in [6.07, 6.45) is -6.41. The van der Waals surface area contributed by atoms with Crippen LogP contribution >= 0.6 is 11.8 Å². The standard InChI is InChI=1S/C47H53NO15S/c1-25-31(61-43(55)36(51)35(30-19-14-20-57-30)48-41(53)28-15-10-8-11-16-28)22-47(56)40(62-42(54)29-17-12-9-13-18-29)38-45(6,39(52)37(60-26(2)49)34(25)44(47,4)5)32(59-24-64-7)21-33-46(38,23-58-33)63-27(3)50/h8-20,31-33,35-38,40,51,56H,21-24H2,1-7H3,(H,48,53)/t31-,32-,33+,35-,36+,37+,38?,40?,45+,46-,47+/m0/s1. The Bertz CT molecular complexity index is 2300. The van der Waals surface area contributed by atoms with Crippen LogP contribution in [0.2, 0.25) is 0 Å². The van der Waals surface area contributed by atoms with Gasteiger partial charge >= 0.3 is 23.9 Å². The van der Waals surface area contributed by atoms with Crippen molar-refractivity contribution in [1.29, 1.82) is 0 Å². The van der Waals surface area contributed by atoms with E-state index in [0.29, 0.717) is 0 Å². The highest BCUT2D eigenvalue weighted by molar-refractivity contribution is 7.98. The number of ether oxygens (including phenoxy) is 6. The molecule has 64 heavy (non-hydrogen) atoms. The Morgan fingerprint density at radius 1 is 0.906 bits per heavy atom. The molecule has 3 aliphatic carbocycles. The van der Waals surface area contributed by atoms with E-state index in [-0.39, 0.29) is 47.0 Å². The average Bonchev–Trinajstić information content (AvgIpc) is 3.80. The van der Waals surface area contributed by atoms with Crippen LogP contribution in [0.5, 0.6) is 0 Å². The van der Waals surface area contributed by atoms with Gasteiger partial charge in [0.2, 0.25) is 0 Å². The molecule has 17 heteroatoms. The number of ketones is 1. The number of nitrogens with one attached hydrogen (secondary N) is 1. The zero-order valence-electron chi connectivity index (χ0n) is 36.6. The molecule has 0 radical (unpaired) electrons. The molecule has 16 nitrogen and oxygen atoms in total. The fourth-order valence-corrected chi connectivity index (χ4v) is 10.6. The maximum atomic E-state index is 15.9. The first-order valence-electron chi connectivity index (χ1n) is 20.9. The first-order valence-corrected chi connectivity index (χ1v) is 22.3. The number of thioether (sulfide) groups is 1. The number of furan rings is 1. The molecule has 2 aromatic carbocycles. The number of hydrogen-bond acceptors (Lipinski definition) is 16. The molecule has 3 fully saturated rings. The highest BCUT2D eigenvalue weighted by Crippen LogP contribution is 2.65. The van der Waals surface area contributed by atoms with E-state index in [1.807, 2.05) is 0 Å². The number of amides is 1. The number of fused-ring (bicyclic) bond motifs is 5. The summed E-state index contributed by atoms with van der Waals surface area (Å²) in [5.74, 6) is -6.42.